The molecule has 4 saturated carbocycles. The third-order valence-electron chi connectivity index (χ3n) is 6.82. The number of benzene rings is 1. The van der Waals surface area contributed by atoms with Gasteiger partial charge in [0, 0.05) is 12.1 Å². The molecule has 1 N–H and O–H groups in total. The summed E-state index contributed by atoms with van der Waals surface area (Å²) in [6, 6.07) is 10.3. The Bertz CT molecular complexity index is 780. The summed E-state index contributed by atoms with van der Waals surface area (Å²) in [5, 5.41) is 15.4. The Morgan fingerprint density at radius 1 is 1.07 bits per heavy atom. The predicted molar refractivity (Wildman–Crippen MR) is 101 cm³/mol. The second-order valence-electron chi connectivity index (χ2n) is 8.98. The van der Waals surface area contributed by atoms with Gasteiger partial charge in [-0.3, -0.25) is 4.79 Å². The fraction of sp³-hybridized carbons (Fsp3) is 0.619. The number of tetrazole rings is 1. The molecule has 4 aliphatic rings. The van der Waals surface area contributed by atoms with Crippen LogP contribution in [0.15, 0.2) is 30.3 Å². The number of hydrogen-bond acceptors (Lipinski definition) is 4. The molecule has 6 heteroatoms. The molecule has 6 nitrogen and oxygen atoms in total. The summed E-state index contributed by atoms with van der Waals surface area (Å²) >= 11 is 0. The highest BCUT2D eigenvalue weighted by atomic mass is 16.1. The SMILES string of the molecule is O=C(Cc1nnnn1CCc1ccccc1)NC12CC3CC(CC(C3)C1)C2. The second-order valence-corrected chi connectivity index (χ2v) is 8.98. The van der Waals surface area contributed by atoms with E-state index in [1.807, 2.05) is 18.2 Å². The van der Waals surface area contributed by atoms with Gasteiger partial charge in [-0.05, 0) is 78.7 Å². The van der Waals surface area contributed by atoms with E-state index in [0.717, 1.165) is 24.2 Å². The van der Waals surface area contributed by atoms with Gasteiger partial charge >= 0.3 is 0 Å². The van der Waals surface area contributed by atoms with Gasteiger partial charge in [0.25, 0.3) is 0 Å². The van der Waals surface area contributed by atoms with Crippen LogP contribution >= 0.6 is 0 Å². The molecule has 2 aromatic rings. The molecule has 1 aromatic carbocycles. The topological polar surface area (TPSA) is 72.7 Å². The Labute approximate surface area is 159 Å². The van der Waals surface area contributed by atoms with Crippen LogP contribution in [0.5, 0.6) is 0 Å². The third-order valence-corrected chi connectivity index (χ3v) is 6.82. The highest BCUT2D eigenvalue weighted by Crippen LogP contribution is 2.55. The first-order chi connectivity index (χ1) is 13.2. The minimum absolute atomic E-state index is 0.0498. The molecular weight excluding hydrogens is 338 g/mol. The van der Waals surface area contributed by atoms with E-state index in [1.165, 1.54) is 44.1 Å². The van der Waals surface area contributed by atoms with Crippen molar-refractivity contribution in [2.24, 2.45) is 17.8 Å². The van der Waals surface area contributed by atoms with Gasteiger partial charge in [-0.1, -0.05) is 30.3 Å². The Balaban J connectivity index is 1.21. The van der Waals surface area contributed by atoms with Gasteiger partial charge in [0.05, 0.1) is 6.42 Å². The van der Waals surface area contributed by atoms with Crippen LogP contribution in [0.3, 0.4) is 0 Å². The zero-order valence-electron chi connectivity index (χ0n) is 15.7. The summed E-state index contributed by atoms with van der Waals surface area (Å²) in [7, 11) is 0. The molecule has 4 fully saturated rings. The van der Waals surface area contributed by atoms with Gasteiger partial charge in [0.2, 0.25) is 5.91 Å². The van der Waals surface area contributed by atoms with Crippen LogP contribution in [-0.4, -0.2) is 31.7 Å². The van der Waals surface area contributed by atoms with E-state index in [4.69, 9.17) is 0 Å². The lowest BCUT2D eigenvalue weighted by Crippen LogP contribution is -2.60. The highest BCUT2D eigenvalue weighted by molar-refractivity contribution is 5.78. The number of carbonyl (C=O) groups is 1. The van der Waals surface area contributed by atoms with Crippen molar-refractivity contribution in [3.63, 3.8) is 0 Å². The van der Waals surface area contributed by atoms with Crippen molar-refractivity contribution in [2.45, 2.75) is 63.5 Å². The van der Waals surface area contributed by atoms with Crippen LogP contribution in [0.4, 0.5) is 0 Å². The first-order valence-corrected chi connectivity index (χ1v) is 10.3. The molecule has 1 aromatic heterocycles. The van der Waals surface area contributed by atoms with Crippen molar-refractivity contribution >= 4 is 5.91 Å². The van der Waals surface area contributed by atoms with Gasteiger partial charge in [0.15, 0.2) is 5.82 Å². The second kappa shape index (κ2) is 6.73. The van der Waals surface area contributed by atoms with Crippen molar-refractivity contribution < 1.29 is 4.79 Å². The Hall–Kier alpha value is -2.24. The average Bonchev–Trinajstić information content (AvgIpc) is 3.06. The Morgan fingerprint density at radius 2 is 1.74 bits per heavy atom. The number of carbonyl (C=O) groups excluding carboxylic acids is 1. The number of nitrogens with one attached hydrogen (secondary N) is 1. The van der Waals surface area contributed by atoms with E-state index in [-0.39, 0.29) is 17.9 Å². The van der Waals surface area contributed by atoms with E-state index >= 15 is 0 Å². The molecule has 1 heterocycles. The lowest BCUT2D eigenvalue weighted by Gasteiger charge is -2.56. The maximum Gasteiger partial charge on any atom is 0.228 e. The van der Waals surface area contributed by atoms with Gasteiger partial charge in [0.1, 0.15) is 0 Å². The van der Waals surface area contributed by atoms with Crippen LogP contribution < -0.4 is 5.32 Å². The van der Waals surface area contributed by atoms with Gasteiger partial charge in [-0.2, -0.15) is 0 Å². The van der Waals surface area contributed by atoms with E-state index < -0.39 is 0 Å². The molecule has 0 atom stereocenters. The lowest BCUT2D eigenvalue weighted by molar-refractivity contribution is -0.126. The molecule has 6 rings (SSSR count). The standard InChI is InChI=1S/C21H27N5O/c27-20(22-21-12-16-8-17(13-21)10-18(9-16)14-21)11-19-23-24-25-26(19)7-6-15-4-2-1-3-5-15/h1-5,16-18H,6-14H2,(H,22,27). The highest BCUT2D eigenvalue weighted by Gasteiger charge is 2.51. The number of rotatable bonds is 6. The minimum atomic E-state index is 0.0498. The van der Waals surface area contributed by atoms with Crippen LogP contribution in [0.25, 0.3) is 0 Å². The summed E-state index contributed by atoms with van der Waals surface area (Å²) in [6.45, 7) is 0.691. The van der Waals surface area contributed by atoms with Crippen LogP contribution in [0.2, 0.25) is 0 Å². The molecule has 27 heavy (non-hydrogen) atoms. The lowest BCUT2D eigenvalue weighted by atomic mass is 9.53. The molecule has 0 spiro atoms. The van der Waals surface area contributed by atoms with Crippen molar-refractivity contribution in [3.8, 4) is 0 Å². The van der Waals surface area contributed by atoms with Crippen molar-refractivity contribution in [1.29, 1.82) is 0 Å². The summed E-state index contributed by atoms with van der Waals surface area (Å²) in [5.74, 6) is 3.22. The monoisotopic (exact) mass is 365 g/mol. The van der Waals surface area contributed by atoms with Gasteiger partial charge < -0.3 is 5.32 Å². The summed E-state index contributed by atoms with van der Waals surface area (Å²) in [6.07, 6.45) is 8.78. The molecule has 4 bridgehead atoms. The number of hydrogen-bond donors (Lipinski definition) is 1. The molecule has 0 aliphatic heterocycles. The number of aromatic nitrogens is 4. The molecule has 4 aliphatic carbocycles. The summed E-state index contributed by atoms with van der Waals surface area (Å²) < 4.78 is 1.77. The fourth-order valence-corrected chi connectivity index (χ4v) is 6.15. The first-order valence-electron chi connectivity index (χ1n) is 10.3. The van der Waals surface area contributed by atoms with E-state index in [9.17, 15) is 4.79 Å². The maximum absolute atomic E-state index is 12.8. The van der Waals surface area contributed by atoms with Crippen LogP contribution in [0, 0.1) is 17.8 Å². The van der Waals surface area contributed by atoms with Crippen molar-refractivity contribution in [1.82, 2.24) is 25.5 Å². The van der Waals surface area contributed by atoms with Crippen LogP contribution in [0.1, 0.15) is 49.9 Å². The zero-order chi connectivity index (χ0) is 18.3. The molecule has 1 amide bonds. The summed E-state index contributed by atoms with van der Waals surface area (Å²) in [4.78, 5) is 12.8. The first kappa shape index (κ1) is 16.9. The van der Waals surface area contributed by atoms with E-state index in [0.29, 0.717) is 12.4 Å². The third kappa shape index (κ3) is 3.49. The van der Waals surface area contributed by atoms with Gasteiger partial charge in [-0.25, -0.2) is 4.68 Å². The summed E-state index contributed by atoms with van der Waals surface area (Å²) in [5.41, 5.74) is 1.30. The Morgan fingerprint density at radius 3 is 2.41 bits per heavy atom. The smallest absolute Gasteiger partial charge is 0.228 e. The van der Waals surface area contributed by atoms with Crippen molar-refractivity contribution in [3.05, 3.63) is 41.7 Å². The largest absolute Gasteiger partial charge is 0.350 e. The quantitative estimate of drug-likeness (QED) is 0.854. The van der Waals surface area contributed by atoms with Gasteiger partial charge in [-0.15, -0.1) is 5.10 Å². The number of aryl methyl sites for hydroxylation is 2. The molecule has 0 radical (unpaired) electrons. The minimum Gasteiger partial charge on any atom is -0.350 e. The van der Waals surface area contributed by atoms with Crippen LogP contribution in [-0.2, 0) is 24.2 Å². The maximum atomic E-state index is 12.8. The fourth-order valence-electron chi connectivity index (χ4n) is 6.15. The van der Waals surface area contributed by atoms with Crippen molar-refractivity contribution in [2.75, 3.05) is 0 Å². The number of amides is 1. The zero-order valence-corrected chi connectivity index (χ0v) is 15.7. The molecule has 142 valence electrons. The normalized spacial score (nSPS) is 31.2. The average molecular weight is 365 g/mol. The Kier molecular flexibility index (Phi) is 4.21. The molecule has 0 saturated heterocycles. The van der Waals surface area contributed by atoms with E-state index in [1.54, 1.807) is 4.68 Å². The molecule has 0 unspecified atom stereocenters. The predicted octanol–water partition coefficient (Wildman–Crippen LogP) is 2.54. The molecular formula is C21H27N5O. The van der Waals surface area contributed by atoms with E-state index in [2.05, 4.69) is 33.0 Å². The number of nitrogens with zero attached hydrogens (tertiary/aromatic N) is 4.